The summed E-state index contributed by atoms with van der Waals surface area (Å²) >= 11 is 5.71. The summed E-state index contributed by atoms with van der Waals surface area (Å²) in [7, 11) is -2.62. The number of amides is 1. The highest BCUT2D eigenvalue weighted by Gasteiger charge is 2.40. The molecule has 2 aromatic rings. The van der Waals surface area contributed by atoms with Crippen LogP contribution in [0.1, 0.15) is 18.0 Å². The van der Waals surface area contributed by atoms with Crippen molar-refractivity contribution in [1.29, 1.82) is 0 Å². The fraction of sp³-hybridized carbons (Fsp3) is 0.235. The van der Waals surface area contributed by atoms with Crippen molar-refractivity contribution in [2.45, 2.75) is 18.5 Å². The summed E-state index contributed by atoms with van der Waals surface area (Å²) in [6, 6.07) is 8.15. The maximum atomic E-state index is 13.3. The van der Waals surface area contributed by atoms with Gasteiger partial charge in [-0.25, -0.2) is 4.39 Å². The van der Waals surface area contributed by atoms with Gasteiger partial charge in [-0.1, -0.05) is 23.7 Å². The molecule has 0 unspecified atom stereocenters. The standard InChI is InChI=1S/C17H17ClFN3O4S/c1-22-16(17(24)20-11-5-6-14(19)13(18)8-11)9-15(21-27(22,25)26)10-3-2-4-12(23)7-10/h2-8,15-16,21,23H,9H2,1H3,(H,20,24)/t15-,16+/m0/s1. The number of rotatable bonds is 3. The molecule has 1 aliphatic heterocycles. The summed E-state index contributed by atoms with van der Waals surface area (Å²) in [6.45, 7) is 0. The van der Waals surface area contributed by atoms with Crippen LogP contribution in [0.15, 0.2) is 42.5 Å². The van der Waals surface area contributed by atoms with E-state index in [4.69, 9.17) is 11.6 Å². The van der Waals surface area contributed by atoms with Crippen molar-refractivity contribution in [3.05, 3.63) is 58.9 Å². The van der Waals surface area contributed by atoms with E-state index in [2.05, 4.69) is 10.0 Å². The average Bonchev–Trinajstić information content (AvgIpc) is 2.60. The van der Waals surface area contributed by atoms with Crippen molar-refractivity contribution < 1.29 is 22.7 Å². The van der Waals surface area contributed by atoms with Crippen LogP contribution in [0.4, 0.5) is 10.1 Å². The Bertz CT molecular complexity index is 986. The Balaban J connectivity index is 1.85. The first-order valence-corrected chi connectivity index (χ1v) is 9.79. The van der Waals surface area contributed by atoms with Gasteiger partial charge in [-0.3, -0.25) is 4.79 Å². The SMILES string of the molecule is CN1[C@@H](C(=O)Nc2ccc(F)c(Cl)c2)C[C@@H](c2cccc(O)c2)NS1(=O)=O. The molecule has 2 atom stereocenters. The number of benzene rings is 2. The lowest BCUT2D eigenvalue weighted by Gasteiger charge is -2.36. The molecule has 0 aromatic heterocycles. The van der Waals surface area contributed by atoms with Crippen molar-refractivity contribution in [3.63, 3.8) is 0 Å². The van der Waals surface area contributed by atoms with Crippen molar-refractivity contribution >= 4 is 33.4 Å². The van der Waals surface area contributed by atoms with Crippen LogP contribution < -0.4 is 10.0 Å². The number of nitrogens with one attached hydrogen (secondary N) is 2. The Kier molecular flexibility index (Phi) is 5.38. The zero-order valence-electron chi connectivity index (χ0n) is 14.2. The molecule has 0 radical (unpaired) electrons. The van der Waals surface area contributed by atoms with E-state index in [0.29, 0.717) is 5.56 Å². The average molecular weight is 414 g/mol. The minimum absolute atomic E-state index is 0.00687. The van der Waals surface area contributed by atoms with Gasteiger partial charge in [0.2, 0.25) is 5.91 Å². The van der Waals surface area contributed by atoms with Gasteiger partial charge in [0, 0.05) is 12.7 Å². The second kappa shape index (κ2) is 7.43. The molecule has 1 heterocycles. The Morgan fingerprint density at radius 3 is 2.74 bits per heavy atom. The summed E-state index contributed by atoms with van der Waals surface area (Å²) in [5, 5.41) is 12.0. The van der Waals surface area contributed by atoms with Gasteiger partial charge in [0.15, 0.2) is 0 Å². The summed E-state index contributed by atoms with van der Waals surface area (Å²) < 4.78 is 41.5. The third kappa shape index (κ3) is 4.22. The molecular formula is C17H17ClFN3O4S. The van der Waals surface area contributed by atoms with Gasteiger partial charge >= 0.3 is 0 Å². The number of likely N-dealkylation sites (N-methyl/N-ethyl adjacent to an activating group) is 1. The van der Waals surface area contributed by atoms with Gasteiger partial charge in [-0.15, -0.1) is 0 Å². The van der Waals surface area contributed by atoms with Gasteiger partial charge in [-0.05, 0) is 42.3 Å². The fourth-order valence-corrected chi connectivity index (χ4v) is 4.32. The first-order valence-electron chi connectivity index (χ1n) is 7.97. The number of anilines is 1. The molecule has 27 heavy (non-hydrogen) atoms. The number of hydrogen-bond donors (Lipinski definition) is 3. The molecule has 1 aliphatic rings. The largest absolute Gasteiger partial charge is 0.508 e. The smallest absolute Gasteiger partial charge is 0.280 e. The van der Waals surface area contributed by atoms with E-state index < -0.39 is 34.0 Å². The number of nitrogens with zero attached hydrogens (tertiary/aromatic N) is 1. The van der Waals surface area contributed by atoms with Crippen LogP contribution in [0, 0.1) is 5.82 Å². The molecule has 0 bridgehead atoms. The zero-order valence-corrected chi connectivity index (χ0v) is 15.8. The number of phenolic OH excluding ortho intramolecular Hbond substituents is 1. The minimum atomic E-state index is -3.92. The summed E-state index contributed by atoms with van der Waals surface area (Å²) in [5.41, 5.74) is 0.791. The molecular weight excluding hydrogens is 397 g/mol. The van der Waals surface area contributed by atoms with E-state index in [9.17, 15) is 22.7 Å². The second-order valence-electron chi connectivity index (χ2n) is 6.16. The number of carbonyl (C=O) groups excluding carboxylic acids is 1. The predicted molar refractivity (Wildman–Crippen MR) is 99.1 cm³/mol. The van der Waals surface area contributed by atoms with Crippen LogP contribution in [-0.2, 0) is 15.0 Å². The van der Waals surface area contributed by atoms with Crippen molar-refractivity contribution in [2.75, 3.05) is 12.4 Å². The zero-order chi connectivity index (χ0) is 19.8. The van der Waals surface area contributed by atoms with Crippen LogP contribution in [0.2, 0.25) is 5.02 Å². The van der Waals surface area contributed by atoms with Gasteiger partial charge in [0.1, 0.15) is 17.6 Å². The normalized spacial score (nSPS) is 22.3. The fourth-order valence-electron chi connectivity index (χ4n) is 2.87. The van der Waals surface area contributed by atoms with E-state index in [1.54, 1.807) is 12.1 Å². The highest BCUT2D eigenvalue weighted by molar-refractivity contribution is 7.87. The third-order valence-electron chi connectivity index (χ3n) is 4.33. The van der Waals surface area contributed by atoms with E-state index in [-0.39, 0.29) is 22.9 Å². The summed E-state index contributed by atoms with van der Waals surface area (Å²) in [6.07, 6.45) is 0.139. The molecule has 144 valence electrons. The Morgan fingerprint density at radius 2 is 2.07 bits per heavy atom. The number of phenols is 1. The van der Waals surface area contributed by atoms with E-state index in [1.807, 2.05) is 0 Å². The molecule has 1 fully saturated rings. The van der Waals surface area contributed by atoms with Crippen molar-refractivity contribution in [3.8, 4) is 5.75 Å². The number of halogens is 2. The molecule has 3 N–H and O–H groups in total. The van der Waals surface area contributed by atoms with Crippen LogP contribution >= 0.6 is 11.6 Å². The minimum Gasteiger partial charge on any atom is -0.508 e. The number of aromatic hydroxyl groups is 1. The van der Waals surface area contributed by atoms with E-state index in [0.717, 1.165) is 10.4 Å². The first kappa shape index (κ1) is 19.6. The van der Waals surface area contributed by atoms with Gasteiger partial charge < -0.3 is 10.4 Å². The third-order valence-corrected chi connectivity index (χ3v) is 6.22. The lowest BCUT2D eigenvalue weighted by Crippen LogP contribution is -2.55. The second-order valence-corrected chi connectivity index (χ2v) is 8.33. The Hall–Kier alpha value is -2.20. The van der Waals surface area contributed by atoms with Crippen LogP contribution in [0.25, 0.3) is 0 Å². The molecule has 0 aliphatic carbocycles. The summed E-state index contributed by atoms with van der Waals surface area (Å²) in [4.78, 5) is 12.7. The summed E-state index contributed by atoms with van der Waals surface area (Å²) in [5.74, 6) is -1.21. The maximum Gasteiger partial charge on any atom is 0.280 e. The topological polar surface area (TPSA) is 98.7 Å². The Morgan fingerprint density at radius 1 is 1.33 bits per heavy atom. The number of hydrogen-bond acceptors (Lipinski definition) is 4. The molecule has 1 amide bonds. The molecule has 3 rings (SSSR count). The molecule has 0 saturated carbocycles. The maximum absolute atomic E-state index is 13.3. The van der Waals surface area contributed by atoms with Gasteiger partial charge in [-0.2, -0.15) is 17.4 Å². The number of carbonyl (C=O) groups is 1. The molecule has 7 nitrogen and oxygen atoms in total. The quantitative estimate of drug-likeness (QED) is 0.719. The first-order chi connectivity index (χ1) is 12.7. The van der Waals surface area contributed by atoms with E-state index in [1.165, 1.54) is 31.3 Å². The predicted octanol–water partition coefficient (Wildman–Crippen LogP) is 2.40. The van der Waals surface area contributed by atoms with Crippen LogP contribution in [0.5, 0.6) is 5.75 Å². The van der Waals surface area contributed by atoms with Gasteiger partial charge in [0.05, 0.1) is 11.1 Å². The monoisotopic (exact) mass is 413 g/mol. The van der Waals surface area contributed by atoms with Crippen molar-refractivity contribution in [2.24, 2.45) is 0 Å². The molecule has 0 spiro atoms. The molecule has 2 aromatic carbocycles. The van der Waals surface area contributed by atoms with Gasteiger partial charge in [0.25, 0.3) is 10.2 Å². The highest BCUT2D eigenvalue weighted by atomic mass is 35.5. The van der Waals surface area contributed by atoms with Crippen molar-refractivity contribution in [1.82, 2.24) is 9.03 Å². The van der Waals surface area contributed by atoms with Crippen LogP contribution in [0.3, 0.4) is 0 Å². The van der Waals surface area contributed by atoms with Crippen LogP contribution in [-0.4, -0.2) is 36.8 Å². The highest BCUT2D eigenvalue weighted by Crippen LogP contribution is 2.30. The Labute approximate surface area is 160 Å². The molecule has 1 saturated heterocycles. The lowest BCUT2D eigenvalue weighted by molar-refractivity contribution is -0.120. The molecule has 10 heteroatoms. The lowest BCUT2D eigenvalue weighted by atomic mass is 9.99. The van der Waals surface area contributed by atoms with E-state index >= 15 is 0 Å².